The predicted molar refractivity (Wildman–Crippen MR) is 85.2 cm³/mol. The molecule has 0 bridgehead atoms. The van der Waals surface area contributed by atoms with Crippen molar-refractivity contribution >= 4 is 32.9 Å². The number of anilines is 1. The molecule has 0 aliphatic heterocycles. The lowest BCUT2D eigenvalue weighted by atomic mass is 10.2. The van der Waals surface area contributed by atoms with Crippen molar-refractivity contribution in [3.8, 4) is 0 Å². The van der Waals surface area contributed by atoms with Gasteiger partial charge in [-0.3, -0.25) is 0 Å². The molecule has 1 aromatic heterocycles. The molecule has 2 amide bonds. The van der Waals surface area contributed by atoms with Gasteiger partial charge in [0, 0.05) is 18.5 Å². The minimum atomic E-state index is -3.05. The van der Waals surface area contributed by atoms with Crippen LogP contribution in [0.2, 0.25) is 0 Å². The summed E-state index contributed by atoms with van der Waals surface area (Å²) in [7, 11) is -3.05. The van der Waals surface area contributed by atoms with Crippen molar-refractivity contribution in [2.45, 2.75) is 12.3 Å². The Kier molecular flexibility index (Phi) is 4.98. The fourth-order valence-corrected chi connectivity index (χ4v) is 3.20. The maximum absolute atomic E-state index is 11.7. The highest BCUT2D eigenvalue weighted by Gasteiger charge is 2.05. The van der Waals surface area contributed by atoms with Crippen molar-refractivity contribution in [1.82, 2.24) is 5.32 Å². The van der Waals surface area contributed by atoms with E-state index in [2.05, 4.69) is 10.6 Å². The average molecular weight is 324 g/mol. The van der Waals surface area contributed by atoms with E-state index in [9.17, 15) is 13.2 Å². The lowest BCUT2D eigenvalue weighted by Crippen LogP contribution is -2.27. The van der Waals surface area contributed by atoms with Crippen LogP contribution < -0.4 is 10.6 Å². The molecule has 1 aromatic carbocycles. The van der Waals surface area contributed by atoms with Gasteiger partial charge in [-0.15, -0.1) is 0 Å². The van der Waals surface area contributed by atoms with Crippen LogP contribution in [0, 0.1) is 0 Å². The maximum Gasteiger partial charge on any atom is 0.319 e. The van der Waals surface area contributed by atoms with Gasteiger partial charge in [0.15, 0.2) is 9.84 Å². The van der Waals surface area contributed by atoms with Gasteiger partial charge in [-0.2, -0.15) is 11.3 Å². The summed E-state index contributed by atoms with van der Waals surface area (Å²) in [6.07, 6.45) is 1.19. The first-order chi connectivity index (χ1) is 9.92. The van der Waals surface area contributed by atoms with E-state index in [-0.39, 0.29) is 11.8 Å². The minimum Gasteiger partial charge on any atom is -0.334 e. The molecule has 0 saturated carbocycles. The third-order valence-corrected chi connectivity index (χ3v) is 4.26. The first-order valence-electron chi connectivity index (χ1n) is 6.25. The Bertz CT molecular complexity index is 692. The van der Waals surface area contributed by atoms with E-state index in [1.54, 1.807) is 35.6 Å². The molecule has 7 heteroatoms. The SMILES string of the molecule is CS(=O)(=O)Cc1ccc(NC(=O)NCc2ccsc2)cc1. The Balaban J connectivity index is 1.86. The largest absolute Gasteiger partial charge is 0.334 e. The summed E-state index contributed by atoms with van der Waals surface area (Å²) in [6, 6.07) is 8.41. The zero-order valence-electron chi connectivity index (χ0n) is 11.5. The van der Waals surface area contributed by atoms with Crippen molar-refractivity contribution < 1.29 is 13.2 Å². The van der Waals surface area contributed by atoms with Crippen LogP contribution in [0.1, 0.15) is 11.1 Å². The topological polar surface area (TPSA) is 75.3 Å². The highest BCUT2D eigenvalue weighted by atomic mass is 32.2. The zero-order valence-corrected chi connectivity index (χ0v) is 13.1. The number of benzene rings is 1. The van der Waals surface area contributed by atoms with E-state index < -0.39 is 9.84 Å². The summed E-state index contributed by atoms with van der Waals surface area (Å²) in [4.78, 5) is 11.7. The molecule has 0 aliphatic carbocycles. The van der Waals surface area contributed by atoms with Crippen LogP contribution in [0.15, 0.2) is 41.1 Å². The first-order valence-corrected chi connectivity index (χ1v) is 9.25. The molecule has 0 spiro atoms. The molecule has 2 N–H and O–H groups in total. The molecular formula is C14H16N2O3S2. The van der Waals surface area contributed by atoms with Crippen LogP contribution in [0.5, 0.6) is 0 Å². The first kappa shape index (κ1) is 15.5. The molecule has 112 valence electrons. The molecule has 2 rings (SSSR count). The number of carbonyl (C=O) groups excluding carboxylic acids is 1. The minimum absolute atomic E-state index is 0.00235. The monoisotopic (exact) mass is 324 g/mol. The molecule has 0 saturated heterocycles. The van der Waals surface area contributed by atoms with Gasteiger partial charge in [-0.05, 0) is 40.1 Å². The lowest BCUT2D eigenvalue weighted by Gasteiger charge is -2.07. The number of hydrogen-bond acceptors (Lipinski definition) is 4. The van der Waals surface area contributed by atoms with E-state index in [1.807, 2.05) is 16.8 Å². The normalized spacial score (nSPS) is 11.1. The molecular weight excluding hydrogens is 308 g/mol. The summed E-state index contributed by atoms with van der Waals surface area (Å²) >= 11 is 1.58. The molecule has 0 unspecified atom stereocenters. The lowest BCUT2D eigenvalue weighted by molar-refractivity contribution is 0.252. The summed E-state index contributed by atoms with van der Waals surface area (Å²) < 4.78 is 22.4. The van der Waals surface area contributed by atoms with Crippen LogP contribution in [-0.2, 0) is 22.1 Å². The van der Waals surface area contributed by atoms with Gasteiger partial charge >= 0.3 is 6.03 Å². The number of hydrogen-bond donors (Lipinski definition) is 2. The van der Waals surface area contributed by atoms with E-state index in [4.69, 9.17) is 0 Å². The molecule has 2 aromatic rings. The molecule has 5 nitrogen and oxygen atoms in total. The van der Waals surface area contributed by atoms with Crippen molar-refractivity contribution in [1.29, 1.82) is 0 Å². The number of nitrogens with one attached hydrogen (secondary N) is 2. The Morgan fingerprint density at radius 3 is 2.43 bits per heavy atom. The van der Waals surface area contributed by atoms with E-state index in [1.165, 1.54) is 6.26 Å². The third-order valence-electron chi connectivity index (χ3n) is 2.67. The van der Waals surface area contributed by atoms with Crippen LogP contribution in [0.3, 0.4) is 0 Å². The molecule has 1 heterocycles. The number of sulfone groups is 1. The Morgan fingerprint density at radius 2 is 1.86 bits per heavy atom. The second-order valence-electron chi connectivity index (χ2n) is 4.71. The standard InChI is InChI=1S/C14H16N2O3S2/c1-21(18,19)10-11-2-4-13(5-3-11)16-14(17)15-8-12-6-7-20-9-12/h2-7,9H,8,10H2,1H3,(H2,15,16,17). The number of urea groups is 1. The number of carbonyl (C=O) groups is 1. The van der Waals surface area contributed by atoms with Crippen LogP contribution >= 0.6 is 11.3 Å². The fourth-order valence-electron chi connectivity index (χ4n) is 1.74. The van der Waals surface area contributed by atoms with Gasteiger partial charge in [0.1, 0.15) is 0 Å². The number of rotatable bonds is 5. The van der Waals surface area contributed by atoms with Gasteiger partial charge < -0.3 is 10.6 Å². The third kappa shape index (κ3) is 5.57. The summed E-state index contributed by atoms with van der Waals surface area (Å²) in [5, 5.41) is 9.37. The average Bonchev–Trinajstić information content (AvgIpc) is 2.90. The fraction of sp³-hybridized carbons (Fsp3) is 0.214. The predicted octanol–water partition coefficient (Wildman–Crippen LogP) is 2.61. The van der Waals surface area contributed by atoms with Crippen LogP contribution in [0.4, 0.5) is 10.5 Å². The zero-order chi connectivity index (χ0) is 15.3. The number of amides is 2. The second-order valence-corrected chi connectivity index (χ2v) is 7.63. The molecule has 0 fully saturated rings. The van der Waals surface area contributed by atoms with Crippen LogP contribution in [-0.4, -0.2) is 20.7 Å². The van der Waals surface area contributed by atoms with Gasteiger partial charge in [0.2, 0.25) is 0 Å². The van der Waals surface area contributed by atoms with Crippen molar-refractivity contribution in [3.05, 3.63) is 52.2 Å². The summed E-state index contributed by atoms with van der Waals surface area (Å²) in [5.41, 5.74) is 2.37. The molecule has 0 radical (unpaired) electrons. The van der Waals surface area contributed by atoms with Crippen molar-refractivity contribution in [2.75, 3.05) is 11.6 Å². The second kappa shape index (κ2) is 6.73. The number of thiophene rings is 1. The van der Waals surface area contributed by atoms with Gasteiger partial charge in [-0.25, -0.2) is 13.2 Å². The van der Waals surface area contributed by atoms with Gasteiger partial charge in [-0.1, -0.05) is 12.1 Å². The highest BCUT2D eigenvalue weighted by molar-refractivity contribution is 7.89. The Morgan fingerprint density at radius 1 is 1.14 bits per heavy atom. The quantitative estimate of drug-likeness (QED) is 0.888. The summed E-state index contributed by atoms with van der Waals surface area (Å²) in [5.74, 6) is -0.00235. The highest BCUT2D eigenvalue weighted by Crippen LogP contribution is 2.12. The van der Waals surface area contributed by atoms with Gasteiger partial charge in [0.05, 0.1) is 5.75 Å². The summed E-state index contributed by atoms with van der Waals surface area (Å²) in [6.45, 7) is 0.474. The molecule has 21 heavy (non-hydrogen) atoms. The maximum atomic E-state index is 11.7. The molecule has 0 aliphatic rings. The van der Waals surface area contributed by atoms with Crippen molar-refractivity contribution in [2.24, 2.45) is 0 Å². The van der Waals surface area contributed by atoms with E-state index in [0.717, 1.165) is 5.56 Å². The smallest absolute Gasteiger partial charge is 0.319 e. The van der Waals surface area contributed by atoms with E-state index in [0.29, 0.717) is 17.8 Å². The van der Waals surface area contributed by atoms with Gasteiger partial charge in [0.25, 0.3) is 0 Å². The van der Waals surface area contributed by atoms with Crippen LogP contribution in [0.25, 0.3) is 0 Å². The van der Waals surface area contributed by atoms with Crippen molar-refractivity contribution in [3.63, 3.8) is 0 Å². The molecule has 0 atom stereocenters. The Labute approximate surface area is 127 Å². The Hall–Kier alpha value is -1.86. The van der Waals surface area contributed by atoms with E-state index >= 15 is 0 Å².